The standard InChI is InChI=1S/C8H7NOS/c10-5-6-3-8-7(9-4-6)1-2-11-8/h1-4,10H,5H2. The molecular formula is C8H7NOS. The van der Waals surface area contributed by atoms with Gasteiger partial charge in [-0.2, -0.15) is 0 Å². The molecule has 0 aliphatic rings. The highest BCUT2D eigenvalue weighted by molar-refractivity contribution is 7.17. The molecule has 0 spiro atoms. The minimum absolute atomic E-state index is 0.0703. The first-order chi connectivity index (χ1) is 5.40. The lowest BCUT2D eigenvalue weighted by Gasteiger charge is -1.93. The van der Waals surface area contributed by atoms with E-state index in [0.717, 1.165) is 15.8 Å². The quantitative estimate of drug-likeness (QED) is 0.698. The van der Waals surface area contributed by atoms with Crippen LogP contribution in [0, 0.1) is 0 Å². The van der Waals surface area contributed by atoms with Gasteiger partial charge in [0.15, 0.2) is 0 Å². The molecule has 2 aromatic rings. The van der Waals surface area contributed by atoms with Crippen LogP contribution in [-0.2, 0) is 6.61 Å². The van der Waals surface area contributed by atoms with E-state index in [1.807, 2.05) is 17.5 Å². The van der Waals surface area contributed by atoms with Crippen LogP contribution in [0.5, 0.6) is 0 Å². The van der Waals surface area contributed by atoms with Crippen LogP contribution in [0.3, 0.4) is 0 Å². The summed E-state index contributed by atoms with van der Waals surface area (Å²) in [7, 11) is 0. The summed E-state index contributed by atoms with van der Waals surface area (Å²) in [6, 6.07) is 3.94. The van der Waals surface area contributed by atoms with Gasteiger partial charge in [-0.05, 0) is 23.1 Å². The Bertz CT molecular complexity index is 369. The molecule has 2 nitrogen and oxygen atoms in total. The summed E-state index contributed by atoms with van der Waals surface area (Å²) in [6.07, 6.45) is 1.70. The molecule has 0 radical (unpaired) electrons. The molecule has 0 atom stereocenters. The van der Waals surface area contributed by atoms with Crippen molar-refractivity contribution in [2.75, 3.05) is 0 Å². The van der Waals surface area contributed by atoms with Crippen LogP contribution in [0.2, 0.25) is 0 Å². The zero-order valence-electron chi connectivity index (χ0n) is 5.82. The van der Waals surface area contributed by atoms with Gasteiger partial charge in [0.1, 0.15) is 0 Å². The van der Waals surface area contributed by atoms with Gasteiger partial charge in [0.2, 0.25) is 0 Å². The minimum Gasteiger partial charge on any atom is -0.392 e. The van der Waals surface area contributed by atoms with Crippen molar-refractivity contribution in [3.63, 3.8) is 0 Å². The number of nitrogens with zero attached hydrogens (tertiary/aromatic N) is 1. The summed E-state index contributed by atoms with van der Waals surface area (Å²) in [4.78, 5) is 4.16. The predicted molar refractivity (Wildman–Crippen MR) is 45.5 cm³/mol. The third-order valence-electron chi connectivity index (χ3n) is 1.54. The number of thiophene rings is 1. The fourth-order valence-electron chi connectivity index (χ4n) is 0.973. The second-order valence-corrected chi connectivity index (χ2v) is 3.25. The molecule has 0 amide bonds. The Kier molecular flexibility index (Phi) is 1.60. The van der Waals surface area contributed by atoms with Crippen molar-refractivity contribution in [3.05, 3.63) is 29.3 Å². The summed E-state index contributed by atoms with van der Waals surface area (Å²) >= 11 is 1.64. The zero-order valence-corrected chi connectivity index (χ0v) is 6.64. The van der Waals surface area contributed by atoms with Crippen LogP contribution >= 0.6 is 11.3 Å². The molecule has 56 valence electrons. The minimum atomic E-state index is 0.0703. The van der Waals surface area contributed by atoms with Crippen LogP contribution in [-0.4, -0.2) is 10.1 Å². The van der Waals surface area contributed by atoms with Crippen molar-refractivity contribution in [2.24, 2.45) is 0 Å². The number of aliphatic hydroxyl groups excluding tert-OH is 1. The lowest BCUT2D eigenvalue weighted by Crippen LogP contribution is -1.82. The molecule has 2 aromatic heterocycles. The Morgan fingerprint density at radius 3 is 3.27 bits per heavy atom. The van der Waals surface area contributed by atoms with Gasteiger partial charge in [0, 0.05) is 6.20 Å². The summed E-state index contributed by atoms with van der Waals surface area (Å²) in [5, 5.41) is 10.8. The monoisotopic (exact) mass is 165 g/mol. The Morgan fingerprint density at radius 1 is 1.55 bits per heavy atom. The van der Waals surface area contributed by atoms with Gasteiger partial charge in [-0.3, -0.25) is 4.98 Å². The second-order valence-electron chi connectivity index (χ2n) is 2.31. The average Bonchev–Trinajstić information content (AvgIpc) is 2.50. The molecule has 0 saturated carbocycles. The number of aromatic nitrogens is 1. The number of hydrogen-bond acceptors (Lipinski definition) is 3. The Labute approximate surface area is 68.1 Å². The summed E-state index contributed by atoms with van der Waals surface area (Å²) in [5.41, 5.74) is 1.88. The molecule has 11 heavy (non-hydrogen) atoms. The van der Waals surface area contributed by atoms with E-state index in [0.29, 0.717) is 0 Å². The number of pyridine rings is 1. The summed E-state index contributed by atoms with van der Waals surface area (Å²) in [6.45, 7) is 0.0703. The first kappa shape index (κ1) is 6.76. The third-order valence-corrected chi connectivity index (χ3v) is 2.39. The molecule has 1 N–H and O–H groups in total. The van der Waals surface area contributed by atoms with E-state index >= 15 is 0 Å². The largest absolute Gasteiger partial charge is 0.392 e. The predicted octanol–water partition coefficient (Wildman–Crippen LogP) is 1.79. The first-order valence-corrected chi connectivity index (χ1v) is 4.21. The molecule has 0 aromatic carbocycles. The lowest BCUT2D eigenvalue weighted by atomic mass is 10.3. The molecule has 2 rings (SSSR count). The van der Waals surface area contributed by atoms with Crippen LogP contribution in [0.25, 0.3) is 10.2 Å². The molecule has 0 fully saturated rings. The zero-order chi connectivity index (χ0) is 7.68. The van der Waals surface area contributed by atoms with Crippen molar-refractivity contribution < 1.29 is 5.11 Å². The number of fused-ring (bicyclic) bond motifs is 1. The fraction of sp³-hybridized carbons (Fsp3) is 0.125. The van der Waals surface area contributed by atoms with Gasteiger partial charge in [-0.15, -0.1) is 11.3 Å². The fourth-order valence-corrected chi connectivity index (χ4v) is 1.78. The van der Waals surface area contributed by atoms with Crippen LogP contribution in [0.15, 0.2) is 23.7 Å². The molecule has 0 saturated heterocycles. The van der Waals surface area contributed by atoms with Gasteiger partial charge in [-0.25, -0.2) is 0 Å². The van der Waals surface area contributed by atoms with Crippen LogP contribution < -0.4 is 0 Å². The van der Waals surface area contributed by atoms with E-state index in [-0.39, 0.29) is 6.61 Å². The number of aliphatic hydroxyl groups is 1. The molecule has 0 bridgehead atoms. The van der Waals surface area contributed by atoms with Gasteiger partial charge >= 0.3 is 0 Å². The van der Waals surface area contributed by atoms with Gasteiger partial charge in [0.25, 0.3) is 0 Å². The van der Waals surface area contributed by atoms with Crippen molar-refractivity contribution in [1.82, 2.24) is 4.98 Å². The van der Waals surface area contributed by atoms with Crippen molar-refractivity contribution in [2.45, 2.75) is 6.61 Å². The molecule has 0 aliphatic carbocycles. The second kappa shape index (κ2) is 2.60. The smallest absolute Gasteiger partial charge is 0.0809 e. The van der Waals surface area contributed by atoms with E-state index in [1.165, 1.54) is 0 Å². The highest BCUT2D eigenvalue weighted by Gasteiger charge is 1.96. The summed E-state index contributed by atoms with van der Waals surface area (Å²) in [5.74, 6) is 0. The molecule has 2 heterocycles. The van der Waals surface area contributed by atoms with E-state index in [2.05, 4.69) is 4.98 Å². The van der Waals surface area contributed by atoms with Crippen molar-refractivity contribution in [1.29, 1.82) is 0 Å². The summed E-state index contributed by atoms with van der Waals surface area (Å²) < 4.78 is 1.14. The number of hydrogen-bond donors (Lipinski definition) is 1. The van der Waals surface area contributed by atoms with Crippen molar-refractivity contribution >= 4 is 21.6 Å². The average molecular weight is 165 g/mol. The van der Waals surface area contributed by atoms with Crippen molar-refractivity contribution in [3.8, 4) is 0 Å². The lowest BCUT2D eigenvalue weighted by molar-refractivity contribution is 0.281. The van der Waals surface area contributed by atoms with Gasteiger partial charge in [-0.1, -0.05) is 0 Å². The molecular weight excluding hydrogens is 158 g/mol. The Balaban J connectivity index is 2.67. The Hall–Kier alpha value is -0.930. The van der Waals surface area contributed by atoms with E-state index in [9.17, 15) is 0 Å². The van der Waals surface area contributed by atoms with Crippen LogP contribution in [0.4, 0.5) is 0 Å². The maximum absolute atomic E-state index is 8.80. The molecule has 0 unspecified atom stereocenters. The molecule has 3 heteroatoms. The first-order valence-electron chi connectivity index (χ1n) is 3.33. The normalized spacial score (nSPS) is 10.6. The topological polar surface area (TPSA) is 33.1 Å². The van der Waals surface area contributed by atoms with Gasteiger partial charge < -0.3 is 5.11 Å². The highest BCUT2D eigenvalue weighted by Crippen LogP contribution is 2.19. The Morgan fingerprint density at radius 2 is 2.45 bits per heavy atom. The van der Waals surface area contributed by atoms with Crippen LogP contribution in [0.1, 0.15) is 5.56 Å². The molecule has 0 aliphatic heterocycles. The van der Waals surface area contributed by atoms with E-state index in [4.69, 9.17) is 5.11 Å². The number of rotatable bonds is 1. The highest BCUT2D eigenvalue weighted by atomic mass is 32.1. The maximum Gasteiger partial charge on any atom is 0.0809 e. The SMILES string of the molecule is OCc1cnc2ccsc2c1. The maximum atomic E-state index is 8.80. The van der Waals surface area contributed by atoms with Gasteiger partial charge in [0.05, 0.1) is 16.8 Å². The third kappa shape index (κ3) is 1.13. The van der Waals surface area contributed by atoms with E-state index < -0.39 is 0 Å². The van der Waals surface area contributed by atoms with E-state index in [1.54, 1.807) is 17.5 Å².